The summed E-state index contributed by atoms with van der Waals surface area (Å²) >= 11 is 0. The molecule has 1 saturated carbocycles. The fourth-order valence-corrected chi connectivity index (χ4v) is 3.26. The summed E-state index contributed by atoms with van der Waals surface area (Å²) in [6.07, 6.45) is 7.65. The van der Waals surface area contributed by atoms with E-state index in [0.717, 1.165) is 24.9 Å². The second-order valence-electron chi connectivity index (χ2n) is 5.85. The molecule has 21 heavy (non-hydrogen) atoms. The topological polar surface area (TPSA) is 48.7 Å². The third-order valence-corrected chi connectivity index (χ3v) is 4.45. The predicted molar refractivity (Wildman–Crippen MR) is 84.6 cm³/mol. The van der Waals surface area contributed by atoms with Gasteiger partial charge in [0.2, 0.25) is 0 Å². The lowest BCUT2D eigenvalue weighted by molar-refractivity contribution is 0.394. The maximum atomic E-state index is 9.35. The Morgan fingerprint density at radius 3 is 2.90 bits per heavy atom. The molecule has 0 radical (unpaired) electrons. The zero-order valence-corrected chi connectivity index (χ0v) is 12.3. The van der Waals surface area contributed by atoms with Crippen LogP contribution in [0, 0.1) is 17.2 Å². The van der Waals surface area contributed by atoms with Gasteiger partial charge < -0.3 is 5.32 Å². The maximum absolute atomic E-state index is 9.35. The van der Waals surface area contributed by atoms with Crippen molar-refractivity contribution in [2.45, 2.75) is 44.7 Å². The minimum Gasteiger partial charge on any atom is -0.309 e. The molecule has 0 aliphatic heterocycles. The molecule has 1 heterocycles. The summed E-state index contributed by atoms with van der Waals surface area (Å²) < 4.78 is 0. The molecule has 3 nitrogen and oxygen atoms in total. The summed E-state index contributed by atoms with van der Waals surface area (Å²) in [4.78, 5) is 4.50. The summed E-state index contributed by atoms with van der Waals surface area (Å²) in [6.45, 7) is 0.789. The minimum atomic E-state index is 0.149. The summed E-state index contributed by atoms with van der Waals surface area (Å²) in [5, 5.41) is 14.1. The van der Waals surface area contributed by atoms with E-state index in [1.54, 1.807) is 0 Å². The lowest BCUT2D eigenvalue weighted by Crippen LogP contribution is -2.34. The van der Waals surface area contributed by atoms with Gasteiger partial charge in [0.15, 0.2) is 0 Å². The highest BCUT2D eigenvalue weighted by molar-refractivity contribution is 5.81. The average molecular weight is 279 g/mol. The van der Waals surface area contributed by atoms with Gasteiger partial charge in [0, 0.05) is 24.2 Å². The van der Waals surface area contributed by atoms with Gasteiger partial charge in [-0.25, -0.2) is 0 Å². The second-order valence-corrected chi connectivity index (χ2v) is 5.85. The monoisotopic (exact) mass is 279 g/mol. The normalized spacial score (nSPS) is 22.6. The Bertz CT molecular complexity index is 639. The molecule has 2 aromatic rings. The summed E-state index contributed by atoms with van der Waals surface area (Å²) in [5.74, 6) is 0.149. The first kappa shape index (κ1) is 14.0. The number of rotatable bonds is 3. The lowest BCUT2D eigenvalue weighted by atomic mass is 9.96. The third-order valence-electron chi connectivity index (χ3n) is 4.45. The van der Waals surface area contributed by atoms with Gasteiger partial charge in [-0.3, -0.25) is 4.98 Å². The van der Waals surface area contributed by atoms with E-state index in [4.69, 9.17) is 0 Å². The standard InChI is InChI=1S/C18H21N3/c19-12-15-6-2-1-3-10-17(15)21-13-16-8-4-7-14-9-5-11-20-18(14)16/h4-5,7-9,11,15,17,21H,1-3,6,10,13H2. The Balaban J connectivity index is 1.75. The summed E-state index contributed by atoms with van der Waals surface area (Å²) in [7, 11) is 0. The molecule has 3 heteroatoms. The fourth-order valence-electron chi connectivity index (χ4n) is 3.26. The van der Waals surface area contributed by atoms with Crippen molar-refractivity contribution in [1.82, 2.24) is 10.3 Å². The van der Waals surface area contributed by atoms with E-state index in [1.165, 1.54) is 30.2 Å². The van der Waals surface area contributed by atoms with E-state index in [1.807, 2.05) is 12.3 Å². The number of pyridine rings is 1. The van der Waals surface area contributed by atoms with Crippen LogP contribution in [0.1, 0.15) is 37.7 Å². The molecule has 0 amide bonds. The van der Waals surface area contributed by atoms with E-state index >= 15 is 0 Å². The van der Waals surface area contributed by atoms with E-state index in [0.29, 0.717) is 6.04 Å². The molecule has 108 valence electrons. The number of nitriles is 1. The molecule has 1 aliphatic carbocycles. The van der Waals surface area contributed by atoms with Crippen LogP contribution in [0.5, 0.6) is 0 Å². The van der Waals surface area contributed by atoms with Crippen molar-refractivity contribution in [3.05, 3.63) is 42.1 Å². The fraction of sp³-hybridized carbons (Fsp3) is 0.444. The molecule has 1 aliphatic rings. The van der Waals surface area contributed by atoms with Gasteiger partial charge in [-0.05, 0) is 24.5 Å². The number of benzene rings is 1. The van der Waals surface area contributed by atoms with Crippen LogP contribution in [-0.2, 0) is 6.54 Å². The molecule has 2 atom stereocenters. The number of hydrogen-bond donors (Lipinski definition) is 1. The van der Waals surface area contributed by atoms with Crippen molar-refractivity contribution in [1.29, 1.82) is 5.26 Å². The first-order chi connectivity index (χ1) is 10.4. The second kappa shape index (κ2) is 6.69. The van der Waals surface area contributed by atoms with E-state index in [2.05, 4.69) is 40.6 Å². The van der Waals surface area contributed by atoms with Crippen molar-refractivity contribution in [3.8, 4) is 6.07 Å². The third kappa shape index (κ3) is 3.22. The molecule has 0 spiro atoms. The molecule has 0 bridgehead atoms. The maximum Gasteiger partial charge on any atom is 0.0746 e. The minimum absolute atomic E-state index is 0.149. The van der Waals surface area contributed by atoms with Gasteiger partial charge in [0.1, 0.15) is 0 Å². The largest absolute Gasteiger partial charge is 0.309 e. The van der Waals surface area contributed by atoms with E-state index in [-0.39, 0.29) is 5.92 Å². The molecule has 1 fully saturated rings. The number of hydrogen-bond acceptors (Lipinski definition) is 3. The predicted octanol–water partition coefficient (Wildman–Crippen LogP) is 3.80. The first-order valence-corrected chi connectivity index (χ1v) is 7.84. The number of para-hydroxylation sites is 1. The van der Waals surface area contributed by atoms with Gasteiger partial charge in [0.05, 0.1) is 17.5 Å². The molecule has 3 rings (SSSR count). The van der Waals surface area contributed by atoms with Crippen molar-refractivity contribution in [2.75, 3.05) is 0 Å². The Morgan fingerprint density at radius 2 is 2.00 bits per heavy atom. The van der Waals surface area contributed by atoms with Crippen LogP contribution in [-0.4, -0.2) is 11.0 Å². The zero-order chi connectivity index (χ0) is 14.5. The molecular weight excluding hydrogens is 258 g/mol. The van der Waals surface area contributed by atoms with Crippen LogP contribution >= 0.6 is 0 Å². The zero-order valence-electron chi connectivity index (χ0n) is 12.3. The number of nitrogens with zero attached hydrogens (tertiary/aromatic N) is 2. The molecule has 1 aromatic heterocycles. The Labute approximate surface area is 126 Å². The van der Waals surface area contributed by atoms with E-state index in [9.17, 15) is 5.26 Å². The SMILES string of the molecule is N#CC1CCCCCC1NCc1cccc2cccnc12. The van der Waals surface area contributed by atoms with Gasteiger partial charge in [-0.2, -0.15) is 5.26 Å². The van der Waals surface area contributed by atoms with Crippen LogP contribution in [0.15, 0.2) is 36.5 Å². The van der Waals surface area contributed by atoms with Gasteiger partial charge in [-0.15, -0.1) is 0 Å². The van der Waals surface area contributed by atoms with Crippen LogP contribution in [0.2, 0.25) is 0 Å². The van der Waals surface area contributed by atoms with Gasteiger partial charge >= 0.3 is 0 Å². The van der Waals surface area contributed by atoms with Crippen LogP contribution in [0.4, 0.5) is 0 Å². The molecule has 2 unspecified atom stereocenters. The Hall–Kier alpha value is -1.92. The highest BCUT2D eigenvalue weighted by Gasteiger charge is 2.23. The van der Waals surface area contributed by atoms with Crippen molar-refractivity contribution >= 4 is 10.9 Å². The van der Waals surface area contributed by atoms with Crippen LogP contribution in [0.3, 0.4) is 0 Å². The van der Waals surface area contributed by atoms with Crippen molar-refractivity contribution < 1.29 is 0 Å². The Kier molecular flexibility index (Phi) is 4.47. The number of fused-ring (bicyclic) bond motifs is 1. The average Bonchev–Trinajstić information content (AvgIpc) is 2.77. The smallest absolute Gasteiger partial charge is 0.0746 e. The van der Waals surface area contributed by atoms with Gasteiger partial charge in [0.25, 0.3) is 0 Å². The summed E-state index contributed by atoms with van der Waals surface area (Å²) in [6, 6.07) is 13.2. The van der Waals surface area contributed by atoms with Crippen molar-refractivity contribution in [2.24, 2.45) is 5.92 Å². The van der Waals surface area contributed by atoms with Gasteiger partial charge in [-0.1, -0.05) is 43.5 Å². The molecule has 1 aromatic carbocycles. The van der Waals surface area contributed by atoms with Crippen LogP contribution in [0.25, 0.3) is 10.9 Å². The van der Waals surface area contributed by atoms with Crippen LogP contribution < -0.4 is 5.32 Å². The quantitative estimate of drug-likeness (QED) is 0.869. The number of nitrogens with one attached hydrogen (secondary N) is 1. The van der Waals surface area contributed by atoms with E-state index < -0.39 is 0 Å². The number of aromatic nitrogens is 1. The summed E-state index contributed by atoms with van der Waals surface area (Å²) in [5.41, 5.74) is 2.28. The first-order valence-electron chi connectivity index (χ1n) is 7.84. The lowest BCUT2D eigenvalue weighted by Gasteiger charge is -2.21. The highest BCUT2D eigenvalue weighted by atomic mass is 14.9. The van der Waals surface area contributed by atoms with Crippen molar-refractivity contribution in [3.63, 3.8) is 0 Å². The highest BCUT2D eigenvalue weighted by Crippen LogP contribution is 2.24. The molecule has 0 saturated heterocycles. The molecule has 1 N–H and O–H groups in total. The Morgan fingerprint density at radius 1 is 1.14 bits per heavy atom. The molecular formula is C18H21N3.